The van der Waals surface area contributed by atoms with Crippen molar-refractivity contribution in [3.8, 4) is 0 Å². The monoisotopic (exact) mass is 402 g/mol. The zero-order valence-electron chi connectivity index (χ0n) is 15.5. The number of anilines is 1. The third kappa shape index (κ3) is 4.38. The molecule has 152 valence electrons. The Bertz CT molecular complexity index is 1100. The van der Waals surface area contributed by atoms with Crippen LogP contribution in [0.4, 0.5) is 17.1 Å². The number of nitro benzene ring substituents is 1. The molecule has 2 N–H and O–H groups in total. The van der Waals surface area contributed by atoms with E-state index >= 15 is 0 Å². The Kier molecular flexibility index (Phi) is 5.54. The number of rotatable bonds is 5. The molecule has 12 nitrogen and oxygen atoms in total. The van der Waals surface area contributed by atoms with E-state index in [0.29, 0.717) is 24.3 Å². The van der Waals surface area contributed by atoms with E-state index in [4.69, 9.17) is 0 Å². The van der Waals surface area contributed by atoms with Crippen molar-refractivity contribution < 1.29 is 9.85 Å². The summed E-state index contributed by atoms with van der Waals surface area (Å²) in [4.78, 5) is 52.4. The molecule has 0 radical (unpaired) electrons. The van der Waals surface area contributed by atoms with Gasteiger partial charge in [-0.2, -0.15) is 0 Å². The van der Waals surface area contributed by atoms with Gasteiger partial charge < -0.3 is 14.8 Å². The van der Waals surface area contributed by atoms with E-state index in [-0.39, 0.29) is 11.4 Å². The van der Waals surface area contributed by atoms with Crippen LogP contribution in [0.2, 0.25) is 0 Å². The van der Waals surface area contributed by atoms with Crippen molar-refractivity contribution in [3.63, 3.8) is 0 Å². The second-order valence-corrected chi connectivity index (χ2v) is 6.56. The van der Waals surface area contributed by atoms with Crippen LogP contribution >= 0.6 is 0 Å². The summed E-state index contributed by atoms with van der Waals surface area (Å²) in [6.07, 6.45) is 2.53. The first-order valence-electron chi connectivity index (χ1n) is 8.67. The van der Waals surface area contributed by atoms with Crippen molar-refractivity contribution in [2.45, 2.75) is 0 Å². The predicted octanol–water partition coefficient (Wildman–Crippen LogP) is 0.802. The van der Waals surface area contributed by atoms with Gasteiger partial charge >= 0.3 is 16.9 Å². The quantitative estimate of drug-likeness (QED) is 0.549. The van der Waals surface area contributed by atoms with Gasteiger partial charge in [-0.1, -0.05) is 12.1 Å². The average molecular weight is 402 g/mol. The summed E-state index contributed by atoms with van der Waals surface area (Å²) in [6.45, 7) is 2.90. The summed E-state index contributed by atoms with van der Waals surface area (Å²) in [5, 5.41) is 22.6. The van der Waals surface area contributed by atoms with Crippen LogP contribution in [0.3, 0.4) is 0 Å². The number of aromatic nitrogens is 2. The Morgan fingerprint density at radius 2 is 1.69 bits per heavy atom. The number of hydrogen-bond acceptors (Lipinski definition) is 8. The van der Waals surface area contributed by atoms with E-state index in [1.165, 1.54) is 18.2 Å². The number of hydrogen-bond donors (Lipinski definition) is 2. The number of likely N-dealkylation sites (N-methyl/N-ethyl adjacent to an activating group) is 1. The van der Waals surface area contributed by atoms with Crippen LogP contribution < -0.4 is 16.1 Å². The Labute approximate surface area is 163 Å². The van der Waals surface area contributed by atoms with Crippen molar-refractivity contribution in [2.75, 3.05) is 38.1 Å². The van der Waals surface area contributed by atoms with Gasteiger partial charge in [-0.05, 0) is 24.8 Å². The van der Waals surface area contributed by atoms with Gasteiger partial charge in [0.1, 0.15) is 11.4 Å². The highest BCUT2D eigenvalue weighted by atomic mass is 16.6. The maximum absolute atomic E-state index is 11.7. The van der Waals surface area contributed by atoms with Crippen LogP contribution in [0.15, 0.2) is 27.8 Å². The molecule has 0 unspecified atom stereocenters. The predicted molar refractivity (Wildman–Crippen MR) is 106 cm³/mol. The first-order valence-corrected chi connectivity index (χ1v) is 8.67. The number of nitro groups is 2. The highest BCUT2D eigenvalue weighted by Gasteiger charge is 2.23. The van der Waals surface area contributed by atoms with Crippen molar-refractivity contribution in [3.05, 3.63) is 70.5 Å². The molecule has 2 heterocycles. The zero-order chi connectivity index (χ0) is 21.1. The molecule has 3 rings (SSSR count). The molecule has 0 bridgehead atoms. The summed E-state index contributed by atoms with van der Waals surface area (Å²) in [5.41, 5.74) is -2.34. The minimum absolute atomic E-state index is 0.0920. The molecular weight excluding hydrogens is 384 g/mol. The van der Waals surface area contributed by atoms with Crippen LogP contribution in [-0.2, 0) is 0 Å². The maximum Gasteiger partial charge on any atom is 0.357 e. The van der Waals surface area contributed by atoms with Gasteiger partial charge in [0.05, 0.1) is 9.85 Å². The molecule has 1 aromatic heterocycles. The maximum atomic E-state index is 11.7. The van der Waals surface area contributed by atoms with E-state index in [1.54, 1.807) is 17.1 Å². The van der Waals surface area contributed by atoms with E-state index in [0.717, 1.165) is 13.1 Å². The highest BCUT2D eigenvalue weighted by Crippen LogP contribution is 2.30. The summed E-state index contributed by atoms with van der Waals surface area (Å²) < 4.78 is 0. The largest absolute Gasteiger partial charge is 0.363 e. The van der Waals surface area contributed by atoms with Crippen molar-refractivity contribution in [1.82, 2.24) is 14.9 Å². The van der Waals surface area contributed by atoms with Gasteiger partial charge in [0.2, 0.25) is 0 Å². The molecule has 0 spiro atoms. The first-order chi connectivity index (χ1) is 13.8. The van der Waals surface area contributed by atoms with Crippen LogP contribution in [0.25, 0.3) is 12.2 Å². The van der Waals surface area contributed by atoms with Gasteiger partial charge in [-0.15, -0.1) is 0 Å². The molecule has 1 fully saturated rings. The van der Waals surface area contributed by atoms with Crippen molar-refractivity contribution >= 4 is 29.2 Å². The number of H-pyrrole nitrogens is 2. The Morgan fingerprint density at radius 3 is 2.31 bits per heavy atom. The molecule has 1 saturated heterocycles. The van der Waals surface area contributed by atoms with Gasteiger partial charge in [0.15, 0.2) is 0 Å². The molecular formula is C17H18N6O6. The van der Waals surface area contributed by atoms with Gasteiger partial charge in [0, 0.05) is 32.2 Å². The van der Waals surface area contributed by atoms with Crippen molar-refractivity contribution in [1.29, 1.82) is 0 Å². The van der Waals surface area contributed by atoms with E-state index in [9.17, 15) is 29.8 Å². The summed E-state index contributed by atoms with van der Waals surface area (Å²) >= 11 is 0. The van der Waals surface area contributed by atoms with Gasteiger partial charge in [0.25, 0.3) is 5.69 Å². The fourth-order valence-corrected chi connectivity index (χ4v) is 3.08. The molecule has 2 aromatic rings. The topological polar surface area (TPSA) is 158 Å². The lowest BCUT2D eigenvalue weighted by atomic mass is 10.1. The second kappa shape index (κ2) is 8.06. The minimum atomic E-state index is -1.13. The highest BCUT2D eigenvalue weighted by molar-refractivity contribution is 5.75. The molecule has 29 heavy (non-hydrogen) atoms. The Balaban J connectivity index is 1.96. The number of nitrogens with one attached hydrogen (secondary N) is 2. The van der Waals surface area contributed by atoms with Crippen molar-refractivity contribution in [2.24, 2.45) is 0 Å². The first kappa shape index (κ1) is 19.9. The number of benzene rings is 1. The lowest BCUT2D eigenvalue weighted by Gasteiger charge is -2.33. The van der Waals surface area contributed by atoms with Crippen LogP contribution in [0.5, 0.6) is 0 Å². The number of nitrogens with zero attached hydrogens (tertiary/aromatic N) is 4. The second-order valence-electron chi connectivity index (χ2n) is 6.56. The molecule has 12 heteroatoms. The smallest absolute Gasteiger partial charge is 0.357 e. The Hall–Kier alpha value is -3.80. The van der Waals surface area contributed by atoms with Gasteiger partial charge in [-0.3, -0.25) is 30.0 Å². The lowest BCUT2D eigenvalue weighted by Crippen LogP contribution is -2.44. The SMILES string of the molecule is CN1CCN(c2ccc(/C=C/c3[nH]c(=O)[nH]c(=O)c3[N+](=O)[O-])cc2[N+](=O)[O-])CC1. The molecule has 0 aliphatic carbocycles. The zero-order valence-corrected chi connectivity index (χ0v) is 15.5. The van der Waals surface area contributed by atoms with E-state index < -0.39 is 26.8 Å². The standard InChI is InChI=1S/C17H18N6O6/c1-20-6-8-21(9-7-20)13-5-3-11(10-14(13)22(26)27)2-4-12-15(23(28)29)16(24)19-17(25)18-12/h2-5,10H,6-9H2,1H3,(H2,18,19,24,25)/b4-2+. The minimum Gasteiger partial charge on any atom is -0.363 e. The van der Waals surface area contributed by atoms with Crippen LogP contribution in [0, 0.1) is 20.2 Å². The van der Waals surface area contributed by atoms with Crippen LogP contribution in [-0.4, -0.2) is 57.9 Å². The lowest BCUT2D eigenvalue weighted by molar-refractivity contribution is -0.386. The normalized spacial score (nSPS) is 15.0. The third-order valence-electron chi connectivity index (χ3n) is 4.61. The summed E-state index contributed by atoms with van der Waals surface area (Å²) in [5.74, 6) is 0. The molecule has 1 aliphatic heterocycles. The molecule has 1 aromatic carbocycles. The fourth-order valence-electron chi connectivity index (χ4n) is 3.08. The van der Waals surface area contributed by atoms with E-state index in [1.807, 2.05) is 11.9 Å². The van der Waals surface area contributed by atoms with E-state index in [2.05, 4.69) is 9.88 Å². The fraction of sp³-hybridized carbons (Fsp3) is 0.294. The van der Waals surface area contributed by atoms with Crippen LogP contribution in [0.1, 0.15) is 11.3 Å². The molecule has 0 atom stereocenters. The number of aromatic amines is 2. The third-order valence-corrected chi connectivity index (χ3v) is 4.61. The average Bonchev–Trinajstić information content (AvgIpc) is 2.66. The number of piperazine rings is 1. The molecule has 0 amide bonds. The molecule has 0 saturated carbocycles. The molecule has 1 aliphatic rings. The summed E-state index contributed by atoms with van der Waals surface area (Å²) in [6, 6.07) is 4.60. The Morgan fingerprint density at radius 1 is 1.00 bits per heavy atom. The summed E-state index contributed by atoms with van der Waals surface area (Å²) in [7, 11) is 1.98. The van der Waals surface area contributed by atoms with Gasteiger partial charge in [-0.25, -0.2) is 4.79 Å².